The maximum atomic E-state index is 13.1. The molecular weight excluding hydrogens is 308 g/mol. The number of Topliss-reactive ketones (excluding diaryl/α,β-unsaturated/α-hetero) is 1. The highest BCUT2D eigenvalue weighted by molar-refractivity contribution is 6.11. The third-order valence-corrected chi connectivity index (χ3v) is 4.77. The zero-order valence-electron chi connectivity index (χ0n) is 16.3. The highest BCUT2D eigenvalue weighted by Crippen LogP contribution is 2.43. The van der Waals surface area contributed by atoms with E-state index < -0.39 is 0 Å². The Balaban J connectivity index is 2.64. The summed E-state index contributed by atoms with van der Waals surface area (Å²) in [5.74, 6) is 1.02. The minimum absolute atomic E-state index is 0.0175. The number of carbonyl (C=O) groups excluding carboxylic acids is 1. The first-order valence-corrected chi connectivity index (χ1v) is 8.96. The van der Waals surface area contributed by atoms with Crippen molar-refractivity contribution in [2.24, 2.45) is 10.8 Å². The first-order valence-electron chi connectivity index (χ1n) is 8.96. The Morgan fingerprint density at radius 1 is 1.08 bits per heavy atom. The van der Waals surface area contributed by atoms with Gasteiger partial charge in [-0.3, -0.25) is 4.79 Å². The summed E-state index contributed by atoms with van der Waals surface area (Å²) in [6.45, 7) is 16.9. The molecule has 0 N–H and O–H groups in total. The van der Waals surface area contributed by atoms with Crippen molar-refractivity contribution in [1.82, 2.24) is 0 Å². The maximum absolute atomic E-state index is 13.1. The van der Waals surface area contributed by atoms with Gasteiger partial charge in [0.25, 0.3) is 0 Å². The summed E-state index contributed by atoms with van der Waals surface area (Å²) >= 11 is 0. The van der Waals surface area contributed by atoms with E-state index >= 15 is 0 Å². The van der Waals surface area contributed by atoms with Gasteiger partial charge in [-0.05, 0) is 18.4 Å². The highest BCUT2D eigenvalue weighted by atomic mass is 16.5. The lowest BCUT2D eigenvalue weighted by Gasteiger charge is -2.34. The van der Waals surface area contributed by atoms with Gasteiger partial charge in [-0.15, -0.1) is 6.58 Å². The Morgan fingerprint density at radius 3 is 2.24 bits per heavy atom. The molecule has 0 saturated heterocycles. The molecule has 1 aliphatic carbocycles. The van der Waals surface area contributed by atoms with Crippen LogP contribution < -0.4 is 4.74 Å². The Hall–Kier alpha value is -2.09. The average Bonchev–Trinajstić information content (AvgIpc) is 2.55. The minimum atomic E-state index is -0.374. The monoisotopic (exact) mass is 338 g/mol. The van der Waals surface area contributed by atoms with E-state index in [1.807, 2.05) is 45.0 Å². The van der Waals surface area contributed by atoms with Gasteiger partial charge in [-0.25, -0.2) is 0 Å². The van der Waals surface area contributed by atoms with Crippen molar-refractivity contribution in [2.75, 3.05) is 6.61 Å². The third-order valence-electron chi connectivity index (χ3n) is 4.77. The van der Waals surface area contributed by atoms with E-state index in [0.717, 1.165) is 22.5 Å². The molecule has 2 rings (SSSR count). The van der Waals surface area contributed by atoms with Crippen LogP contribution in [0.1, 0.15) is 53.0 Å². The molecule has 0 bridgehead atoms. The van der Waals surface area contributed by atoms with Gasteiger partial charge >= 0.3 is 0 Å². The van der Waals surface area contributed by atoms with Crippen LogP contribution in [0.15, 0.2) is 60.2 Å². The van der Waals surface area contributed by atoms with Crippen LogP contribution >= 0.6 is 0 Å². The van der Waals surface area contributed by atoms with Crippen LogP contribution in [0.5, 0.6) is 5.75 Å². The second kappa shape index (κ2) is 7.03. The summed E-state index contributed by atoms with van der Waals surface area (Å²) in [5, 5.41) is 0. The fourth-order valence-electron chi connectivity index (χ4n) is 3.13. The van der Waals surface area contributed by atoms with E-state index in [-0.39, 0.29) is 22.5 Å². The second-order valence-corrected chi connectivity index (χ2v) is 8.16. The largest absolute Gasteiger partial charge is 0.494 e. The molecule has 1 atom stereocenters. The van der Waals surface area contributed by atoms with Crippen LogP contribution in [0.4, 0.5) is 0 Å². The maximum Gasteiger partial charge on any atom is 0.185 e. The molecule has 0 heterocycles. The van der Waals surface area contributed by atoms with E-state index in [1.165, 1.54) is 0 Å². The van der Waals surface area contributed by atoms with Gasteiger partial charge in [-0.1, -0.05) is 71.0 Å². The lowest BCUT2D eigenvalue weighted by Crippen LogP contribution is -2.29. The molecule has 1 unspecified atom stereocenters. The Morgan fingerprint density at radius 2 is 1.68 bits per heavy atom. The first-order chi connectivity index (χ1) is 11.6. The van der Waals surface area contributed by atoms with E-state index in [1.54, 1.807) is 0 Å². The first kappa shape index (κ1) is 19.2. The number of carbonyl (C=O) groups is 1. The number of benzene rings is 1. The second-order valence-electron chi connectivity index (χ2n) is 8.16. The molecule has 134 valence electrons. The number of hydrogen-bond acceptors (Lipinski definition) is 2. The summed E-state index contributed by atoms with van der Waals surface area (Å²) < 4.78 is 5.82. The SMILES string of the molecule is C=CC(C)(C)C1=CC(c2ccccc2OCC)C=C(C(C)(C)C)C1=O. The molecule has 2 heteroatoms. The van der Waals surface area contributed by atoms with Crippen LogP contribution in [-0.2, 0) is 4.79 Å². The molecule has 2 nitrogen and oxygen atoms in total. The molecule has 0 aromatic heterocycles. The molecule has 0 radical (unpaired) electrons. The number of allylic oxidation sites excluding steroid dienone is 5. The topological polar surface area (TPSA) is 26.3 Å². The lowest BCUT2D eigenvalue weighted by molar-refractivity contribution is -0.114. The normalized spacial score (nSPS) is 18.5. The van der Waals surface area contributed by atoms with Gasteiger partial charge in [0, 0.05) is 28.0 Å². The fourth-order valence-corrected chi connectivity index (χ4v) is 3.13. The van der Waals surface area contributed by atoms with Crippen LogP contribution in [-0.4, -0.2) is 12.4 Å². The number of rotatable bonds is 5. The zero-order chi connectivity index (χ0) is 18.8. The van der Waals surface area contributed by atoms with Gasteiger partial charge in [0.2, 0.25) is 0 Å². The molecule has 1 aromatic rings. The Kier molecular flexibility index (Phi) is 5.41. The molecular formula is C23H30O2. The van der Waals surface area contributed by atoms with Crippen LogP contribution in [0, 0.1) is 10.8 Å². The van der Waals surface area contributed by atoms with Crippen molar-refractivity contribution in [3.63, 3.8) is 0 Å². The van der Waals surface area contributed by atoms with E-state index in [9.17, 15) is 4.79 Å². The van der Waals surface area contributed by atoms with Gasteiger partial charge in [0.15, 0.2) is 5.78 Å². The van der Waals surface area contributed by atoms with Crippen LogP contribution in [0.2, 0.25) is 0 Å². The van der Waals surface area contributed by atoms with Crippen LogP contribution in [0.25, 0.3) is 0 Å². The average molecular weight is 338 g/mol. The summed E-state index contributed by atoms with van der Waals surface area (Å²) in [6.07, 6.45) is 6.04. The Bertz CT molecular complexity index is 727. The summed E-state index contributed by atoms with van der Waals surface area (Å²) in [5.41, 5.74) is 2.17. The quantitative estimate of drug-likeness (QED) is 0.628. The van der Waals surface area contributed by atoms with E-state index in [4.69, 9.17) is 4.74 Å². The Labute approximate surface area is 152 Å². The zero-order valence-corrected chi connectivity index (χ0v) is 16.3. The van der Waals surface area contributed by atoms with Gasteiger partial charge in [-0.2, -0.15) is 0 Å². The van der Waals surface area contributed by atoms with Gasteiger partial charge in [0.1, 0.15) is 5.75 Å². The predicted octanol–water partition coefficient (Wildman–Crippen LogP) is 5.86. The van der Waals surface area contributed by atoms with Gasteiger partial charge < -0.3 is 4.74 Å². The lowest BCUT2D eigenvalue weighted by atomic mass is 9.69. The number of para-hydroxylation sites is 1. The minimum Gasteiger partial charge on any atom is -0.494 e. The standard InChI is InChI=1S/C23H30O2/c1-8-23(6,7)19-15-16(14-18(21(19)24)22(3,4)5)17-12-10-11-13-20(17)25-9-2/h8,10-16H,1,9H2,2-7H3. The molecule has 1 aliphatic rings. The van der Waals surface area contributed by atoms with Crippen molar-refractivity contribution in [3.8, 4) is 5.75 Å². The molecule has 0 aliphatic heterocycles. The van der Waals surface area contributed by atoms with Gasteiger partial charge in [0.05, 0.1) is 6.61 Å². The molecule has 0 spiro atoms. The van der Waals surface area contributed by atoms with Crippen molar-refractivity contribution in [3.05, 3.63) is 65.8 Å². The molecule has 0 saturated carbocycles. The van der Waals surface area contributed by atoms with Crippen molar-refractivity contribution in [1.29, 1.82) is 0 Å². The molecule has 25 heavy (non-hydrogen) atoms. The summed E-state index contributed by atoms with van der Waals surface area (Å²) in [6, 6.07) is 8.07. The van der Waals surface area contributed by atoms with Crippen molar-refractivity contribution < 1.29 is 9.53 Å². The molecule has 0 fully saturated rings. The van der Waals surface area contributed by atoms with Crippen molar-refractivity contribution in [2.45, 2.75) is 47.5 Å². The third kappa shape index (κ3) is 3.95. The van der Waals surface area contributed by atoms with Crippen molar-refractivity contribution >= 4 is 5.78 Å². The molecule has 0 amide bonds. The summed E-state index contributed by atoms with van der Waals surface area (Å²) in [7, 11) is 0. The smallest absolute Gasteiger partial charge is 0.185 e. The molecule has 1 aromatic carbocycles. The van der Waals surface area contributed by atoms with E-state index in [2.05, 4.69) is 45.6 Å². The number of ketones is 1. The van der Waals surface area contributed by atoms with E-state index in [0.29, 0.717) is 6.61 Å². The van der Waals surface area contributed by atoms with Crippen LogP contribution in [0.3, 0.4) is 0 Å². The predicted molar refractivity (Wildman–Crippen MR) is 105 cm³/mol. The highest BCUT2D eigenvalue weighted by Gasteiger charge is 2.36. The fraction of sp³-hybridized carbons (Fsp3) is 0.435. The summed E-state index contributed by atoms with van der Waals surface area (Å²) in [4.78, 5) is 13.1. The number of ether oxygens (including phenoxy) is 1. The number of hydrogen-bond donors (Lipinski definition) is 0.